The third kappa shape index (κ3) is 33.5. The van der Waals surface area contributed by atoms with Crippen molar-refractivity contribution in [1.29, 1.82) is 0 Å². The van der Waals surface area contributed by atoms with Crippen LogP contribution in [0.2, 0.25) is 19.6 Å². The molecule has 0 spiro atoms. The van der Waals surface area contributed by atoms with Crippen LogP contribution in [0.1, 0.15) is 0 Å². The van der Waals surface area contributed by atoms with Crippen LogP contribution in [0.25, 0.3) is 0 Å². The molecule has 13 heavy (non-hydrogen) atoms. The predicted octanol–water partition coefficient (Wildman–Crippen LogP) is 1.82. The molecule has 0 aromatic heterocycles. The van der Waals surface area contributed by atoms with E-state index in [2.05, 4.69) is 3.87 Å². The minimum absolute atomic E-state index is 1.67. The van der Waals surface area contributed by atoms with Crippen LogP contribution in [0.5, 0.6) is 0 Å². The zero-order valence-electron chi connectivity index (χ0n) is 7.29. The molecule has 0 radical (unpaired) electrons. The lowest BCUT2D eigenvalue weighted by Crippen LogP contribution is -2.28. The Morgan fingerprint density at radius 2 is 1.46 bits per heavy atom. The van der Waals surface area contributed by atoms with Gasteiger partial charge >= 0.3 is 17.1 Å². The summed E-state index contributed by atoms with van der Waals surface area (Å²) in [4.78, 5) is 0. The van der Waals surface area contributed by atoms with Crippen molar-refractivity contribution in [2.75, 3.05) is 0 Å². The second-order valence-corrected chi connectivity index (χ2v) is 8.62. The largest absolute Gasteiger partial charge is 0.387 e. The summed E-state index contributed by atoms with van der Waals surface area (Å²) in [6.45, 7) is 1.34. The molecule has 1 N–H and O–H groups in total. The SMILES string of the molecule is C[Si](C)(C)OS(=O)(=O)O.FC(F)F. The van der Waals surface area contributed by atoms with E-state index < -0.39 is 25.4 Å². The van der Waals surface area contributed by atoms with Gasteiger partial charge in [-0.2, -0.15) is 21.6 Å². The van der Waals surface area contributed by atoms with Crippen LogP contribution in [0.15, 0.2) is 0 Å². The van der Waals surface area contributed by atoms with Gasteiger partial charge in [0.25, 0.3) is 0 Å². The molecule has 82 valence electrons. The van der Waals surface area contributed by atoms with Gasteiger partial charge < -0.3 is 0 Å². The summed E-state index contributed by atoms with van der Waals surface area (Å²) in [6, 6.07) is 0. The maximum absolute atomic E-state index is 10.0. The number of hydrogen-bond acceptors (Lipinski definition) is 3. The Labute approximate surface area is 75.8 Å². The van der Waals surface area contributed by atoms with Gasteiger partial charge in [0.1, 0.15) is 0 Å². The summed E-state index contributed by atoms with van der Waals surface area (Å²) in [5.74, 6) is 0. The van der Waals surface area contributed by atoms with Gasteiger partial charge in [0.05, 0.1) is 0 Å². The van der Waals surface area contributed by atoms with Gasteiger partial charge in [-0.3, -0.25) is 8.42 Å². The lowest BCUT2D eigenvalue weighted by molar-refractivity contribution is 0.00819. The van der Waals surface area contributed by atoms with Gasteiger partial charge in [0.15, 0.2) is 0 Å². The van der Waals surface area contributed by atoms with E-state index >= 15 is 0 Å². The predicted molar refractivity (Wildman–Crippen MR) is 43.1 cm³/mol. The standard InChI is InChI=1S/C3H10O4SSi.CHF3/c1-9(2,3)7-8(4,5)6;2-1(3)4/h1-3H3,(H,4,5,6);1H. The summed E-state index contributed by atoms with van der Waals surface area (Å²) >= 11 is 0. The Bertz CT molecular complexity index is 219. The first-order valence-corrected chi connectivity index (χ1v) is 7.81. The van der Waals surface area contributed by atoms with E-state index in [1.807, 2.05) is 0 Å². The second-order valence-electron chi connectivity index (χ2n) is 2.87. The molecule has 0 atom stereocenters. The molecular formula is C4H11F3O4SSi. The van der Waals surface area contributed by atoms with Crippen LogP contribution in [0.3, 0.4) is 0 Å². The van der Waals surface area contributed by atoms with E-state index in [4.69, 9.17) is 4.55 Å². The molecule has 0 bridgehead atoms. The molecule has 0 saturated carbocycles. The minimum atomic E-state index is -4.22. The molecule has 4 nitrogen and oxygen atoms in total. The monoisotopic (exact) mass is 240 g/mol. The van der Waals surface area contributed by atoms with Crippen molar-refractivity contribution in [3.63, 3.8) is 0 Å². The highest BCUT2D eigenvalue weighted by Gasteiger charge is 2.21. The van der Waals surface area contributed by atoms with Crippen molar-refractivity contribution in [3.05, 3.63) is 0 Å². The summed E-state index contributed by atoms with van der Waals surface area (Å²) in [7, 11) is -6.35. The van der Waals surface area contributed by atoms with Gasteiger partial charge in [-0.05, 0) is 19.6 Å². The van der Waals surface area contributed by atoms with Gasteiger partial charge in [-0.25, -0.2) is 0 Å². The summed E-state index contributed by atoms with van der Waals surface area (Å²) < 4.78 is 61.5. The fourth-order valence-corrected chi connectivity index (χ4v) is 2.84. The third-order valence-corrected chi connectivity index (χ3v) is 3.20. The summed E-state index contributed by atoms with van der Waals surface area (Å²) in [5, 5.41) is 0. The fraction of sp³-hybridized carbons (Fsp3) is 1.00. The molecule has 0 aromatic carbocycles. The normalized spacial score (nSPS) is 12.3. The first-order chi connectivity index (χ1) is 5.44. The molecule has 0 heterocycles. The van der Waals surface area contributed by atoms with Gasteiger partial charge in [0.2, 0.25) is 8.32 Å². The van der Waals surface area contributed by atoms with Gasteiger partial charge in [0, 0.05) is 0 Å². The third-order valence-electron chi connectivity index (χ3n) is 0.355. The van der Waals surface area contributed by atoms with E-state index in [1.165, 1.54) is 0 Å². The molecule has 0 amide bonds. The maximum Gasteiger partial charge on any atom is 0.387 e. The van der Waals surface area contributed by atoms with Crippen molar-refractivity contribution >= 4 is 18.7 Å². The highest BCUT2D eigenvalue weighted by molar-refractivity contribution is 7.82. The fourth-order valence-electron chi connectivity index (χ4n) is 0.316. The Kier molecular flexibility index (Phi) is 6.58. The Morgan fingerprint density at radius 3 is 1.46 bits per heavy atom. The molecule has 0 saturated heterocycles. The van der Waals surface area contributed by atoms with Crippen LogP contribution in [-0.4, -0.2) is 28.0 Å². The smallest absolute Gasteiger partial charge is 0.294 e. The van der Waals surface area contributed by atoms with E-state index in [1.54, 1.807) is 19.6 Å². The first-order valence-electron chi connectivity index (χ1n) is 3.04. The number of hydrogen-bond donors (Lipinski definition) is 1. The zero-order valence-corrected chi connectivity index (χ0v) is 9.11. The van der Waals surface area contributed by atoms with Crippen molar-refractivity contribution < 1.29 is 30.0 Å². The molecule has 0 fully saturated rings. The van der Waals surface area contributed by atoms with E-state index in [0.717, 1.165) is 0 Å². The van der Waals surface area contributed by atoms with Gasteiger partial charge in [-0.15, -0.1) is 0 Å². The van der Waals surface area contributed by atoms with Crippen molar-refractivity contribution in [1.82, 2.24) is 0 Å². The van der Waals surface area contributed by atoms with Crippen molar-refractivity contribution in [2.24, 2.45) is 0 Å². The Hall–Kier alpha value is -0.123. The zero-order chi connectivity index (χ0) is 11.3. The van der Waals surface area contributed by atoms with Crippen LogP contribution in [-0.2, 0) is 14.3 Å². The summed E-state index contributed by atoms with van der Waals surface area (Å²) in [6.07, 6.45) is 0. The molecule has 9 heteroatoms. The maximum atomic E-state index is 10.0. The molecule has 0 aromatic rings. The van der Waals surface area contributed by atoms with Crippen LogP contribution in [0.4, 0.5) is 13.2 Å². The average Bonchev–Trinajstić information content (AvgIpc) is 1.47. The Balaban J connectivity index is 0. The van der Waals surface area contributed by atoms with Crippen LogP contribution in [0, 0.1) is 0 Å². The minimum Gasteiger partial charge on any atom is -0.294 e. The van der Waals surface area contributed by atoms with E-state index in [9.17, 15) is 21.6 Å². The second kappa shape index (κ2) is 5.57. The first kappa shape index (κ1) is 15.4. The molecule has 0 aliphatic heterocycles. The molecule has 0 aliphatic rings. The van der Waals surface area contributed by atoms with E-state index in [-0.39, 0.29) is 0 Å². The van der Waals surface area contributed by atoms with E-state index in [0.29, 0.717) is 0 Å². The average molecular weight is 240 g/mol. The molecule has 0 unspecified atom stereocenters. The lowest BCUT2D eigenvalue weighted by Gasteiger charge is -2.12. The summed E-state index contributed by atoms with van der Waals surface area (Å²) in [5.41, 5.74) is 0. The molecular weight excluding hydrogens is 229 g/mol. The molecule has 0 aliphatic carbocycles. The highest BCUT2D eigenvalue weighted by Crippen LogP contribution is 2.05. The van der Waals surface area contributed by atoms with Crippen molar-refractivity contribution in [3.8, 4) is 0 Å². The number of alkyl halides is 3. The quantitative estimate of drug-likeness (QED) is 0.590. The number of rotatable bonds is 2. The van der Waals surface area contributed by atoms with Crippen LogP contribution >= 0.6 is 0 Å². The topological polar surface area (TPSA) is 63.6 Å². The van der Waals surface area contributed by atoms with Gasteiger partial charge in [-0.1, -0.05) is 0 Å². The molecule has 0 rings (SSSR count). The van der Waals surface area contributed by atoms with Crippen LogP contribution < -0.4 is 0 Å². The van der Waals surface area contributed by atoms with Crippen molar-refractivity contribution in [2.45, 2.75) is 26.3 Å². The number of halogens is 3. The Morgan fingerprint density at radius 1 is 1.23 bits per heavy atom. The highest BCUT2D eigenvalue weighted by atomic mass is 32.3. The lowest BCUT2D eigenvalue weighted by atomic mass is 11.6.